The van der Waals surface area contributed by atoms with E-state index in [0.717, 1.165) is 15.8 Å². The first-order valence-electron chi connectivity index (χ1n) is 9.55. The molecular weight excluding hydrogens is 400 g/mol. The van der Waals surface area contributed by atoms with Gasteiger partial charge in [-0.1, -0.05) is 41.7 Å². The van der Waals surface area contributed by atoms with Crippen LogP contribution in [0.5, 0.6) is 0 Å². The van der Waals surface area contributed by atoms with Crippen LogP contribution in [0, 0.1) is 13.8 Å². The SMILES string of the molecule is Cc1ccccc1N1C(=O)C[C@@H](c2c(C)[nH]n(-c3nc4ccccc4s3)c2=O)C1=O. The molecule has 2 aromatic carbocycles. The zero-order valence-electron chi connectivity index (χ0n) is 16.4. The number of rotatable bonds is 3. The van der Waals surface area contributed by atoms with Crippen LogP contribution in [-0.2, 0) is 9.59 Å². The lowest BCUT2D eigenvalue weighted by Gasteiger charge is -2.17. The molecule has 4 aromatic rings. The number of aromatic nitrogens is 3. The first-order chi connectivity index (χ1) is 14.5. The summed E-state index contributed by atoms with van der Waals surface area (Å²) in [7, 11) is 0. The molecule has 150 valence electrons. The number of fused-ring (bicyclic) bond motifs is 1. The monoisotopic (exact) mass is 418 g/mol. The fourth-order valence-electron chi connectivity index (χ4n) is 3.99. The number of benzene rings is 2. The highest BCUT2D eigenvalue weighted by molar-refractivity contribution is 7.20. The number of hydrogen-bond acceptors (Lipinski definition) is 5. The molecule has 0 spiro atoms. The number of aromatic amines is 1. The Labute approximate surface area is 175 Å². The van der Waals surface area contributed by atoms with Gasteiger partial charge in [0.15, 0.2) is 0 Å². The van der Waals surface area contributed by atoms with Gasteiger partial charge < -0.3 is 0 Å². The summed E-state index contributed by atoms with van der Waals surface area (Å²) in [6.07, 6.45) is -0.0268. The van der Waals surface area contributed by atoms with Crippen molar-refractivity contribution in [2.24, 2.45) is 0 Å². The molecule has 0 aliphatic carbocycles. The summed E-state index contributed by atoms with van der Waals surface area (Å²) in [6, 6.07) is 14.9. The lowest BCUT2D eigenvalue weighted by atomic mass is 9.98. The number of amides is 2. The standard InChI is InChI=1S/C22H18N4O3S/c1-12-7-3-5-9-16(12)25-18(27)11-14(20(25)28)19-13(2)24-26(21(19)29)22-23-15-8-4-6-10-17(15)30-22/h3-10,14,24H,11H2,1-2H3/t14-/m0/s1. The van der Waals surface area contributed by atoms with Gasteiger partial charge in [0.1, 0.15) is 0 Å². The molecule has 30 heavy (non-hydrogen) atoms. The van der Waals surface area contributed by atoms with E-state index < -0.39 is 5.92 Å². The van der Waals surface area contributed by atoms with E-state index in [-0.39, 0.29) is 23.8 Å². The van der Waals surface area contributed by atoms with Gasteiger partial charge in [-0.05, 0) is 37.6 Å². The Balaban J connectivity index is 1.57. The van der Waals surface area contributed by atoms with Crippen molar-refractivity contribution in [1.29, 1.82) is 0 Å². The van der Waals surface area contributed by atoms with Crippen LogP contribution in [0.4, 0.5) is 5.69 Å². The largest absolute Gasteiger partial charge is 0.293 e. The van der Waals surface area contributed by atoms with Gasteiger partial charge in [-0.25, -0.2) is 9.88 Å². The lowest BCUT2D eigenvalue weighted by molar-refractivity contribution is -0.121. The summed E-state index contributed by atoms with van der Waals surface area (Å²) in [4.78, 5) is 44.9. The Kier molecular flexibility index (Phi) is 4.18. The average molecular weight is 418 g/mol. The zero-order chi connectivity index (χ0) is 21.0. The van der Waals surface area contributed by atoms with E-state index in [4.69, 9.17) is 0 Å². The van der Waals surface area contributed by atoms with Crippen molar-refractivity contribution in [3.8, 4) is 5.13 Å². The minimum absolute atomic E-state index is 0.0268. The molecule has 0 unspecified atom stereocenters. The molecule has 2 aromatic heterocycles. The molecule has 5 rings (SSSR count). The van der Waals surface area contributed by atoms with E-state index in [0.29, 0.717) is 22.1 Å². The van der Waals surface area contributed by atoms with Crippen LogP contribution in [0.2, 0.25) is 0 Å². The van der Waals surface area contributed by atoms with E-state index in [1.54, 1.807) is 19.1 Å². The number of anilines is 1. The predicted octanol–water partition coefficient (Wildman–Crippen LogP) is 3.44. The van der Waals surface area contributed by atoms with Crippen molar-refractivity contribution in [3.63, 3.8) is 0 Å². The maximum Gasteiger partial charge on any atom is 0.277 e. The molecular formula is C22H18N4O3S. The van der Waals surface area contributed by atoms with Crippen LogP contribution < -0.4 is 10.5 Å². The molecule has 7 nitrogen and oxygen atoms in total. The lowest BCUT2D eigenvalue weighted by Crippen LogP contribution is -2.31. The first kappa shape index (κ1) is 18.5. The van der Waals surface area contributed by atoms with Gasteiger partial charge >= 0.3 is 0 Å². The molecule has 1 aliphatic heterocycles. The minimum Gasteiger partial charge on any atom is -0.293 e. The Morgan fingerprint density at radius 1 is 1.03 bits per heavy atom. The fourth-order valence-corrected chi connectivity index (χ4v) is 4.91. The molecule has 2 amide bonds. The third kappa shape index (κ3) is 2.72. The van der Waals surface area contributed by atoms with E-state index in [1.807, 2.05) is 43.3 Å². The summed E-state index contributed by atoms with van der Waals surface area (Å²) < 4.78 is 2.33. The average Bonchev–Trinajstić information content (AvgIpc) is 3.36. The zero-order valence-corrected chi connectivity index (χ0v) is 17.2. The normalized spacial score (nSPS) is 16.7. The van der Waals surface area contributed by atoms with Gasteiger partial charge in [0, 0.05) is 12.1 Å². The Morgan fingerprint density at radius 2 is 1.77 bits per heavy atom. The van der Waals surface area contributed by atoms with Crippen molar-refractivity contribution in [2.45, 2.75) is 26.2 Å². The minimum atomic E-state index is -0.809. The molecule has 1 atom stereocenters. The number of carbonyl (C=O) groups is 2. The van der Waals surface area contributed by atoms with Gasteiger partial charge in [0.2, 0.25) is 16.9 Å². The van der Waals surface area contributed by atoms with Gasteiger partial charge in [-0.3, -0.25) is 19.5 Å². The maximum atomic E-state index is 13.2. The van der Waals surface area contributed by atoms with Crippen LogP contribution in [-0.4, -0.2) is 26.6 Å². The molecule has 8 heteroatoms. The molecule has 0 radical (unpaired) electrons. The predicted molar refractivity (Wildman–Crippen MR) is 115 cm³/mol. The number of para-hydroxylation sites is 2. The van der Waals surface area contributed by atoms with Crippen LogP contribution in [0.25, 0.3) is 15.3 Å². The summed E-state index contributed by atoms with van der Waals surface area (Å²) in [5.41, 5.74) is 2.74. The second-order valence-electron chi connectivity index (χ2n) is 7.37. The maximum absolute atomic E-state index is 13.2. The molecule has 1 aliphatic rings. The second-order valence-corrected chi connectivity index (χ2v) is 8.37. The van der Waals surface area contributed by atoms with Gasteiger partial charge in [0.25, 0.3) is 5.56 Å². The van der Waals surface area contributed by atoms with Crippen LogP contribution in [0.1, 0.15) is 29.2 Å². The van der Waals surface area contributed by atoms with Crippen molar-refractivity contribution < 1.29 is 9.59 Å². The van der Waals surface area contributed by atoms with Crippen molar-refractivity contribution in [3.05, 3.63) is 75.7 Å². The number of aryl methyl sites for hydroxylation is 2. The van der Waals surface area contributed by atoms with Crippen molar-refractivity contribution in [2.75, 3.05) is 4.90 Å². The summed E-state index contributed by atoms with van der Waals surface area (Å²) >= 11 is 1.39. The quantitative estimate of drug-likeness (QED) is 0.516. The third-order valence-electron chi connectivity index (χ3n) is 5.44. The van der Waals surface area contributed by atoms with Gasteiger partial charge in [-0.15, -0.1) is 0 Å². The Bertz CT molecular complexity index is 1350. The number of hydrogen-bond donors (Lipinski definition) is 1. The Morgan fingerprint density at radius 3 is 2.53 bits per heavy atom. The highest BCUT2D eigenvalue weighted by Crippen LogP contribution is 2.34. The highest BCUT2D eigenvalue weighted by atomic mass is 32.1. The van der Waals surface area contributed by atoms with Crippen molar-refractivity contribution >= 4 is 39.1 Å². The molecule has 1 saturated heterocycles. The van der Waals surface area contributed by atoms with Gasteiger partial charge in [-0.2, -0.15) is 4.68 Å². The van der Waals surface area contributed by atoms with Gasteiger partial charge in [0.05, 0.1) is 27.4 Å². The van der Waals surface area contributed by atoms with E-state index in [1.165, 1.54) is 20.9 Å². The third-order valence-corrected chi connectivity index (χ3v) is 6.46. The number of nitrogens with one attached hydrogen (secondary N) is 1. The van der Waals surface area contributed by atoms with Crippen LogP contribution >= 0.6 is 11.3 Å². The number of nitrogens with zero attached hydrogens (tertiary/aromatic N) is 3. The van der Waals surface area contributed by atoms with E-state index >= 15 is 0 Å². The number of thiazole rings is 1. The number of imide groups is 1. The van der Waals surface area contributed by atoms with E-state index in [2.05, 4.69) is 10.1 Å². The smallest absolute Gasteiger partial charge is 0.277 e. The van der Waals surface area contributed by atoms with E-state index in [9.17, 15) is 14.4 Å². The number of carbonyl (C=O) groups excluding carboxylic acids is 2. The summed E-state index contributed by atoms with van der Waals surface area (Å²) in [5.74, 6) is -1.48. The van der Waals surface area contributed by atoms with Crippen molar-refractivity contribution in [1.82, 2.24) is 14.8 Å². The second kappa shape index (κ2) is 6.77. The Hall–Kier alpha value is -3.52. The summed E-state index contributed by atoms with van der Waals surface area (Å²) in [5, 5.41) is 3.54. The molecule has 0 bridgehead atoms. The fraction of sp³-hybridized carbons (Fsp3) is 0.182. The molecule has 3 heterocycles. The molecule has 1 fully saturated rings. The van der Waals surface area contributed by atoms with Crippen LogP contribution in [0.3, 0.4) is 0 Å². The highest BCUT2D eigenvalue weighted by Gasteiger charge is 2.43. The molecule has 1 N–H and O–H groups in total. The number of H-pyrrole nitrogens is 1. The summed E-state index contributed by atoms with van der Waals surface area (Å²) in [6.45, 7) is 3.60. The topological polar surface area (TPSA) is 88.1 Å². The van der Waals surface area contributed by atoms with Crippen LogP contribution in [0.15, 0.2) is 53.3 Å². The molecule has 0 saturated carbocycles. The first-order valence-corrected chi connectivity index (χ1v) is 10.4.